The zero-order valence-corrected chi connectivity index (χ0v) is 9.71. The molecule has 0 fully saturated rings. The summed E-state index contributed by atoms with van der Waals surface area (Å²) in [4.78, 5) is 15.4. The van der Waals surface area contributed by atoms with Crippen molar-refractivity contribution in [2.24, 2.45) is 7.05 Å². The number of nitrogens with one attached hydrogen (secondary N) is 1. The Kier molecular flexibility index (Phi) is 2.69. The highest BCUT2D eigenvalue weighted by molar-refractivity contribution is 7.99. The van der Waals surface area contributed by atoms with E-state index in [2.05, 4.69) is 15.2 Å². The monoisotopic (exact) mass is 237 g/mol. The summed E-state index contributed by atoms with van der Waals surface area (Å²) in [6.07, 6.45) is 0. The second kappa shape index (κ2) is 4.01. The van der Waals surface area contributed by atoms with E-state index in [9.17, 15) is 4.79 Å². The van der Waals surface area contributed by atoms with Crippen LogP contribution in [0.2, 0.25) is 0 Å². The molecule has 2 rings (SSSR count). The van der Waals surface area contributed by atoms with Crippen LogP contribution in [0.5, 0.6) is 0 Å². The Morgan fingerprint density at radius 3 is 2.81 bits per heavy atom. The Balaban J connectivity index is 2.31. The van der Waals surface area contributed by atoms with Gasteiger partial charge in [-0.05, 0) is 30.8 Å². The van der Waals surface area contributed by atoms with Crippen LogP contribution in [0.3, 0.4) is 0 Å². The standard InChI is InChI=1S/C9H11N5OS/c1-5-6(10)3-4-7(11-5)16-9-13-12-8(15)14(9)2/h3-4H,10H2,1-2H3,(H,12,15). The van der Waals surface area contributed by atoms with Gasteiger partial charge in [-0.2, -0.15) is 0 Å². The highest BCUT2D eigenvalue weighted by Crippen LogP contribution is 2.24. The molecule has 2 aromatic rings. The van der Waals surface area contributed by atoms with Crippen molar-refractivity contribution in [1.82, 2.24) is 19.7 Å². The number of hydrogen-bond donors (Lipinski definition) is 2. The topological polar surface area (TPSA) is 89.6 Å². The second-order valence-electron chi connectivity index (χ2n) is 3.30. The minimum atomic E-state index is -0.241. The summed E-state index contributed by atoms with van der Waals surface area (Å²) in [5, 5.41) is 7.58. The summed E-state index contributed by atoms with van der Waals surface area (Å²) in [5.41, 5.74) is 6.85. The molecule has 0 radical (unpaired) electrons. The van der Waals surface area contributed by atoms with Crippen LogP contribution in [0, 0.1) is 6.92 Å². The number of aromatic nitrogens is 4. The molecule has 0 bridgehead atoms. The predicted molar refractivity (Wildman–Crippen MR) is 61.3 cm³/mol. The fourth-order valence-corrected chi connectivity index (χ4v) is 1.94. The SMILES string of the molecule is Cc1nc(Sc2n[nH]c(=O)n2C)ccc1N. The van der Waals surface area contributed by atoms with Gasteiger partial charge in [0.25, 0.3) is 0 Å². The molecule has 84 valence electrons. The van der Waals surface area contributed by atoms with E-state index in [1.165, 1.54) is 16.3 Å². The molecule has 16 heavy (non-hydrogen) atoms. The number of anilines is 1. The predicted octanol–water partition coefficient (Wildman–Crippen LogP) is 0.545. The van der Waals surface area contributed by atoms with E-state index in [0.717, 1.165) is 10.7 Å². The first kappa shape index (κ1) is 10.7. The maximum atomic E-state index is 11.1. The molecule has 0 aromatic carbocycles. The third-order valence-corrected chi connectivity index (χ3v) is 3.12. The number of aryl methyl sites for hydroxylation is 1. The van der Waals surface area contributed by atoms with Crippen molar-refractivity contribution in [3.05, 3.63) is 28.3 Å². The van der Waals surface area contributed by atoms with Gasteiger partial charge < -0.3 is 5.73 Å². The Labute approximate surface area is 95.9 Å². The lowest BCUT2D eigenvalue weighted by atomic mass is 10.3. The molecule has 0 amide bonds. The van der Waals surface area contributed by atoms with Crippen molar-refractivity contribution in [3.8, 4) is 0 Å². The van der Waals surface area contributed by atoms with Gasteiger partial charge in [-0.25, -0.2) is 14.9 Å². The minimum absolute atomic E-state index is 0.241. The van der Waals surface area contributed by atoms with Gasteiger partial charge in [0.05, 0.1) is 11.4 Å². The molecule has 2 aromatic heterocycles. The van der Waals surface area contributed by atoms with Gasteiger partial charge in [0.2, 0.25) is 0 Å². The van der Waals surface area contributed by atoms with Crippen LogP contribution in [0.25, 0.3) is 0 Å². The Morgan fingerprint density at radius 2 is 2.25 bits per heavy atom. The summed E-state index contributed by atoms with van der Waals surface area (Å²) >= 11 is 1.31. The number of rotatable bonds is 2. The Hall–Kier alpha value is -1.76. The Morgan fingerprint density at radius 1 is 1.50 bits per heavy atom. The van der Waals surface area contributed by atoms with Crippen molar-refractivity contribution < 1.29 is 0 Å². The number of H-pyrrole nitrogens is 1. The maximum Gasteiger partial charge on any atom is 0.343 e. The van der Waals surface area contributed by atoms with Crippen LogP contribution in [0.4, 0.5) is 5.69 Å². The number of nitrogens with two attached hydrogens (primary N) is 1. The van der Waals surface area contributed by atoms with Crippen LogP contribution in [-0.2, 0) is 7.05 Å². The molecule has 0 saturated heterocycles. The van der Waals surface area contributed by atoms with E-state index in [-0.39, 0.29) is 5.69 Å². The van der Waals surface area contributed by atoms with Gasteiger partial charge in [-0.1, -0.05) is 0 Å². The molecular formula is C9H11N5OS. The summed E-state index contributed by atoms with van der Waals surface area (Å²) in [6.45, 7) is 1.84. The van der Waals surface area contributed by atoms with E-state index in [4.69, 9.17) is 5.73 Å². The number of pyridine rings is 1. The van der Waals surface area contributed by atoms with Crippen molar-refractivity contribution >= 4 is 17.4 Å². The van der Waals surface area contributed by atoms with Crippen molar-refractivity contribution in [1.29, 1.82) is 0 Å². The smallest absolute Gasteiger partial charge is 0.343 e. The van der Waals surface area contributed by atoms with Crippen LogP contribution >= 0.6 is 11.8 Å². The van der Waals surface area contributed by atoms with E-state index < -0.39 is 0 Å². The highest BCUT2D eigenvalue weighted by atomic mass is 32.2. The molecule has 0 spiro atoms. The maximum absolute atomic E-state index is 11.1. The minimum Gasteiger partial charge on any atom is -0.397 e. The lowest BCUT2D eigenvalue weighted by Gasteiger charge is -2.02. The molecule has 2 heterocycles. The van der Waals surface area contributed by atoms with Gasteiger partial charge in [0, 0.05) is 7.05 Å². The van der Waals surface area contributed by atoms with E-state index in [1.807, 2.05) is 6.92 Å². The Bertz CT molecular complexity index is 574. The summed E-state index contributed by atoms with van der Waals surface area (Å²) in [5.74, 6) is 0. The first-order chi connectivity index (χ1) is 7.58. The fraction of sp³-hybridized carbons (Fsp3) is 0.222. The number of nitrogen functional groups attached to an aromatic ring is 1. The van der Waals surface area contributed by atoms with Crippen LogP contribution < -0.4 is 11.4 Å². The first-order valence-electron chi connectivity index (χ1n) is 4.60. The van der Waals surface area contributed by atoms with E-state index in [0.29, 0.717) is 10.8 Å². The van der Waals surface area contributed by atoms with Crippen LogP contribution in [0.1, 0.15) is 5.69 Å². The average Bonchev–Trinajstić information content (AvgIpc) is 2.55. The largest absolute Gasteiger partial charge is 0.397 e. The van der Waals surface area contributed by atoms with Crippen LogP contribution in [0.15, 0.2) is 27.1 Å². The zero-order chi connectivity index (χ0) is 11.7. The summed E-state index contributed by atoms with van der Waals surface area (Å²) < 4.78 is 1.43. The second-order valence-corrected chi connectivity index (χ2v) is 4.28. The number of aromatic amines is 1. The third-order valence-electron chi connectivity index (χ3n) is 2.14. The normalized spacial score (nSPS) is 10.6. The van der Waals surface area contributed by atoms with Crippen molar-refractivity contribution in [2.45, 2.75) is 17.1 Å². The highest BCUT2D eigenvalue weighted by Gasteiger charge is 2.07. The van der Waals surface area contributed by atoms with Gasteiger partial charge in [0.15, 0.2) is 5.16 Å². The molecule has 7 heteroatoms. The van der Waals surface area contributed by atoms with Gasteiger partial charge in [-0.3, -0.25) is 4.57 Å². The summed E-state index contributed by atoms with van der Waals surface area (Å²) in [6, 6.07) is 3.58. The molecule has 0 aliphatic carbocycles. The average molecular weight is 237 g/mol. The molecule has 0 unspecified atom stereocenters. The quantitative estimate of drug-likeness (QED) is 0.796. The number of nitrogens with zero attached hydrogens (tertiary/aromatic N) is 3. The molecule has 0 atom stereocenters. The summed E-state index contributed by atoms with van der Waals surface area (Å²) in [7, 11) is 1.65. The lowest BCUT2D eigenvalue weighted by molar-refractivity contribution is 0.764. The molecule has 0 aliphatic heterocycles. The van der Waals surface area contributed by atoms with Gasteiger partial charge >= 0.3 is 5.69 Å². The fourth-order valence-electron chi connectivity index (χ4n) is 1.12. The molecule has 0 saturated carbocycles. The van der Waals surface area contributed by atoms with Crippen LogP contribution in [-0.4, -0.2) is 19.7 Å². The van der Waals surface area contributed by atoms with Crippen molar-refractivity contribution in [2.75, 3.05) is 5.73 Å². The molecule has 6 nitrogen and oxygen atoms in total. The first-order valence-corrected chi connectivity index (χ1v) is 5.42. The van der Waals surface area contributed by atoms with Gasteiger partial charge in [-0.15, -0.1) is 5.10 Å². The lowest BCUT2D eigenvalue weighted by Crippen LogP contribution is -2.12. The van der Waals surface area contributed by atoms with Gasteiger partial charge in [0.1, 0.15) is 5.03 Å². The molecule has 3 N–H and O–H groups in total. The molecule has 0 aliphatic rings. The van der Waals surface area contributed by atoms with E-state index >= 15 is 0 Å². The van der Waals surface area contributed by atoms with Crippen molar-refractivity contribution in [3.63, 3.8) is 0 Å². The number of hydrogen-bond acceptors (Lipinski definition) is 5. The third kappa shape index (κ3) is 1.94. The zero-order valence-electron chi connectivity index (χ0n) is 8.89. The molecular weight excluding hydrogens is 226 g/mol. The van der Waals surface area contributed by atoms with E-state index in [1.54, 1.807) is 19.2 Å².